The number of nitrogens with zero attached hydrogens (tertiary/aromatic N) is 7. The summed E-state index contributed by atoms with van der Waals surface area (Å²) in [5, 5.41) is 11.2. The average molecular weight is 644 g/mol. The maximum absolute atomic E-state index is 14.6. The Labute approximate surface area is 272 Å². The van der Waals surface area contributed by atoms with E-state index < -0.39 is 5.82 Å². The van der Waals surface area contributed by atoms with Crippen molar-refractivity contribution >= 4 is 39.8 Å². The van der Waals surface area contributed by atoms with Gasteiger partial charge in [-0.3, -0.25) is 9.69 Å². The Kier molecular flexibility index (Phi) is 8.27. The lowest BCUT2D eigenvalue weighted by atomic mass is 10.0. The van der Waals surface area contributed by atoms with Gasteiger partial charge >= 0.3 is 6.01 Å². The third-order valence-corrected chi connectivity index (χ3v) is 9.74. The zero-order valence-electron chi connectivity index (χ0n) is 25.7. The van der Waals surface area contributed by atoms with Crippen LogP contribution in [0.3, 0.4) is 0 Å². The van der Waals surface area contributed by atoms with Crippen LogP contribution in [0.2, 0.25) is 5.02 Å². The highest BCUT2D eigenvalue weighted by atomic mass is 35.5. The van der Waals surface area contributed by atoms with Crippen molar-refractivity contribution < 1.29 is 18.7 Å². The molecule has 0 bridgehead atoms. The van der Waals surface area contributed by atoms with Gasteiger partial charge < -0.3 is 24.2 Å². The molecule has 1 aromatic heterocycles. The highest BCUT2D eigenvalue weighted by Crippen LogP contribution is 2.39. The SMILES string of the molecule is C=CC(=O)N1CCN(c2nc(O[C@@H]3COC[C@H]3N(C)C3CC3)nc3c2CCN(c2cccc4ccc(F)c(Cl)c24)C3)C=C1CC#N. The molecular weight excluding hydrogens is 609 g/mol. The number of allylic oxidation sites excluding steroid dienone is 1. The normalized spacial score (nSPS) is 21.3. The van der Waals surface area contributed by atoms with Crippen LogP contribution >= 0.6 is 11.6 Å². The maximum atomic E-state index is 14.6. The molecule has 238 valence electrons. The Balaban J connectivity index is 1.27. The first-order valence-electron chi connectivity index (χ1n) is 15.6. The number of carbonyl (C=O) groups excluding carboxylic acids is 1. The Bertz CT molecular complexity index is 1770. The van der Waals surface area contributed by atoms with Crippen molar-refractivity contribution in [3.05, 3.63) is 77.0 Å². The van der Waals surface area contributed by atoms with E-state index in [9.17, 15) is 14.4 Å². The Morgan fingerprint density at radius 1 is 1.24 bits per heavy atom. The van der Waals surface area contributed by atoms with Gasteiger partial charge in [0, 0.05) is 48.5 Å². The van der Waals surface area contributed by atoms with Gasteiger partial charge in [-0.2, -0.15) is 15.2 Å². The topological polar surface area (TPSA) is 98.1 Å². The number of benzene rings is 2. The van der Waals surface area contributed by atoms with Crippen LogP contribution in [0.25, 0.3) is 10.8 Å². The smallest absolute Gasteiger partial charge is 0.319 e. The summed E-state index contributed by atoms with van der Waals surface area (Å²) in [5.41, 5.74) is 3.17. The lowest BCUT2D eigenvalue weighted by Crippen LogP contribution is -2.45. The van der Waals surface area contributed by atoms with Gasteiger partial charge in [0.25, 0.3) is 0 Å². The second-order valence-corrected chi connectivity index (χ2v) is 12.5. The second kappa shape index (κ2) is 12.5. The lowest BCUT2D eigenvalue weighted by molar-refractivity contribution is -0.124. The number of rotatable bonds is 8. The summed E-state index contributed by atoms with van der Waals surface area (Å²) in [6.07, 6.45) is 5.88. The van der Waals surface area contributed by atoms with E-state index in [0.717, 1.165) is 22.3 Å². The largest absolute Gasteiger partial charge is 0.456 e. The van der Waals surface area contributed by atoms with Gasteiger partial charge in [-0.05, 0) is 49.9 Å². The molecule has 0 N–H and O–H groups in total. The van der Waals surface area contributed by atoms with Crippen molar-refractivity contribution in [2.45, 2.75) is 50.4 Å². The number of likely N-dealkylation sites (N-methyl/N-ethyl adjacent to an activating group) is 1. The standard InChI is InChI=1S/C34H35ClFN7O3/c1-3-30(44)43-16-15-42(17-23(43)11-13-37)33-24-12-14-41(27-6-4-5-21-7-10-25(36)32(35)31(21)27)18-26(24)38-34(39-33)46-29-20-45-19-28(29)40(2)22-8-9-22/h3-7,10,17,22,28-29H,1,8-9,11-12,14-16,18-20H2,2H3/t28-,29-/m1/s1. The van der Waals surface area contributed by atoms with Gasteiger partial charge in [0.05, 0.1) is 54.7 Å². The number of nitriles is 1. The van der Waals surface area contributed by atoms with Crippen molar-refractivity contribution in [1.29, 1.82) is 5.26 Å². The lowest BCUT2D eigenvalue weighted by Gasteiger charge is -2.37. The molecule has 4 heterocycles. The van der Waals surface area contributed by atoms with E-state index in [4.69, 9.17) is 31.0 Å². The van der Waals surface area contributed by atoms with E-state index in [1.165, 1.54) is 25.0 Å². The van der Waals surface area contributed by atoms with Crippen LogP contribution < -0.4 is 14.5 Å². The van der Waals surface area contributed by atoms with Gasteiger partial charge in [0.2, 0.25) is 5.91 Å². The molecule has 1 amide bonds. The molecule has 7 rings (SSSR count). The van der Waals surface area contributed by atoms with Crippen LogP contribution in [-0.4, -0.2) is 83.8 Å². The van der Waals surface area contributed by atoms with Crippen molar-refractivity contribution in [3.63, 3.8) is 0 Å². The van der Waals surface area contributed by atoms with Crippen molar-refractivity contribution in [1.82, 2.24) is 19.8 Å². The number of halogens is 2. The van der Waals surface area contributed by atoms with E-state index in [-0.39, 0.29) is 35.5 Å². The molecule has 0 unspecified atom stereocenters. The molecule has 10 nitrogen and oxygen atoms in total. The van der Waals surface area contributed by atoms with Crippen LogP contribution in [0.15, 0.2) is 54.9 Å². The minimum atomic E-state index is -0.460. The van der Waals surface area contributed by atoms with Crippen molar-refractivity contribution in [3.8, 4) is 12.1 Å². The van der Waals surface area contributed by atoms with E-state index in [1.54, 1.807) is 11.0 Å². The van der Waals surface area contributed by atoms with Gasteiger partial charge in [-0.25, -0.2) is 4.39 Å². The van der Waals surface area contributed by atoms with E-state index in [2.05, 4.69) is 29.5 Å². The second-order valence-electron chi connectivity index (χ2n) is 12.2. The highest BCUT2D eigenvalue weighted by molar-refractivity contribution is 6.36. The molecule has 1 saturated carbocycles. The monoisotopic (exact) mass is 643 g/mol. The van der Waals surface area contributed by atoms with E-state index in [0.29, 0.717) is 68.8 Å². The minimum absolute atomic E-state index is 0.0630. The predicted octanol–water partition coefficient (Wildman–Crippen LogP) is 4.82. The molecule has 3 aromatic rings. The fraction of sp³-hybridized carbons (Fsp3) is 0.412. The maximum Gasteiger partial charge on any atom is 0.319 e. The van der Waals surface area contributed by atoms with Crippen LogP contribution in [0.5, 0.6) is 6.01 Å². The summed E-state index contributed by atoms with van der Waals surface area (Å²) in [6.45, 7) is 6.56. The number of anilines is 2. The molecule has 1 saturated heterocycles. The summed E-state index contributed by atoms with van der Waals surface area (Å²) in [5.74, 6) is -0.0190. The first-order valence-corrected chi connectivity index (χ1v) is 16.0. The van der Waals surface area contributed by atoms with Gasteiger partial charge in [-0.1, -0.05) is 36.4 Å². The summed E-state index contributed by atoms with van der Waals surface area (Å²) in [6, 6.07) is 12.0. The number of hydrogen-bond donors (Lipinski definition) is 0. The first-order chi connectivity index (χ1) is 22.4. The van der Waals surface area contributed by atoms with Crippen LogP contribution in [0, 0.1) is 17.1 Å². The summed E-state index contributed by atoms with van der Waals surface area (Å²) < 4.78 is 27.0. The number of hydrogen-bond acceptors (Lipinski definition) is 9. The fourth-order valence-corrected chi connectivity index (χ4v) is 7.03. The number of amides is 1. The summed E-state index contributed by atoms with van der Waals surface area (Å²) in [4.78, 5) is 30.6. The van der Waals surface area contributed by atoms with Crippen molar-refractivity contribution in [2.75, 3.05) is 49.7 Å². The molecule has 2 fully saturated rings. The fourth-order valence-electron chi connectivity index (χ4n) is 6.76. The van der Waals surface area contributed by atoms with Crippen LogP contribution in [0.4, 0.5) is 15.9 Å². The number of carbonyl (C=O) groups is 1. The number of fused-ring (bicyclic) bond motifs is 2. The third kappa shape index (κ3) is 5.66. The molecule has 2 atom stereocenters. The molecule has 1 aliphatic carbocycles. The van der Waals surface area contributed by atoms with Crippen molar-refractivity contribution in [2.24, 2.45) is 0 Å². The zero-order valence-corrected chi connectivity index (χ0v) is 26.4. The van der Waals surface area contributed by atoms with E-state index in [1.807, 2.05) is 29.3 Å². The molecular formula is C34H35ClFN7O3. The summed E-state index contributed by atoms with van der Waals surface area (Å²) >= 11 is 6.51. The van der Waals surface area contributed by atoms with Gasteiger partial charge in [0.1, 0.15) is 17.7 Å². The molecule has 0 radical (unpaired) electrons. The molecule has 12 heteroatoms. The molecule has 3 aliphatic heterocycles. The van der Waals surface area contributed by atoms with Gasteiger partial charge in [0.15, 0.2) is 0 Å². The van der Waals surface area contributed by atoms with Crippen LogP contribution in [-0.2, 0) is 22.5 Å². The molecule has 2 aromatic carbocycles. The zero-order chi connectivity index (χ0) is 31.9. The molecule has 0 spiro atoms. The quantitative estimate of drug-likeness (QED) is 0.320. The minimum Gasteiger partial charge on any atom is -0.456 e. The highest BCUT2D eigenvalue weighted by Gasteiger charge is 2.40. The summed E-state index contributed by atoms with van der Waals surface area (Å²) in [7, 11) is 2.12. The Morgan fingerprint density at radius 2 is 2.09 bits per heavy atom. The predicted molar refractivity (Wildman–Crippen MR) is 173 cm³/mol. The number of ether oxygens (including phenoxy) is 2. The average Bonchev–Trinajstić information content (AvgIpc) is 3.83. The Hall–Kier alpha value is -4.24. The first kappa shape index (κ1) is 30.4. The molecule has 4 aliphatic rings. The number of aromatic nitrogens is 2. The van der Waals surface area contributed by atoms with Crippen LogP contribution in [0.1, 0.15) is 30.5 Å². The molecule has 46 heavy (non-hydrogen) atoms. The Morgan fingerprint density at radius 3 is 2.87 bits per heavy atom. The third-order valence-electron chi connectivity index (χ3n) is 9.37. The van der Waals surface area contributed by atoms with Gasteiger partial charge in [-0.15, -0.1) is 0 Å². The van der Waals surface area contributed by atoms with E-state index >= 15 is 0 Å².